The van der Waals surface area contributed by atoms with Crippen LogP contribution >= 0.6 is 22.9 Å². The smallest absolute Gasteiger partial charge is 0.422 e. The summed E-state index contributed by atoms with van der Waals surface area (Å²) in [5.74, 6) is -1.58. The Morgan fingerprint density at radius 2 is 1.58 bits per heavy atom. The van der Waals surface area contributed by atoms with Crippen molar-refractivity contribution in [3.63, 3.8) is 0 Å². The molecule has 4 heterocycles. The maximum atomic E-state index is 13.4. The van der Waals surface area contributed by atoms with Crippen molar-refractivity contribution in [3.05, 3.63) is 70.2 Å². The molecule has 1 saturated carbocycles. The first-order valence-corrected chi connectivity index (χ1v) is 16.7. The van der Waals surface area contributed by atoms with Crippen molar-refractivity contribution < 1.29 is 32.3 Å². The minimum Gasteiger partial charge on any atom is -0.454 e. The van der Waals surface area contributed by atoms with Crippen LogP contribution in [0.3, 0.4) is 0 Å². The van der Waals surface area contributed by atoms with E-state index in [0.717, 1.165) is 29.7 Å². The van der Waals surface area contributed by atoms with Gasteiger partial charge >= 0.3 is 24.0 Å². The van der Waals surface area contributed by atoms with Gasteiger partial charge in [-0.3, -0.25) is 19.7 Å². The third-order valence-corrected chi connectivity index (χ3v) is 9.56. The van der Waals surface area contributed by atoms with Gasteiger partial charge in [-0.05, 0) is 54.8 Å². The zero-order chi connectivity index (χ0) is 35.0. The Labute approximate surface area is 291 Å². The number of likely N-dealkylation sites (tertiary alicyclic amines) is 2. The Morgan fingerprint density at radius 3 is 2.20 bits per heavy atom. The summed E-state index contributed by atoms with van der Waals surface area (Å²) < 4.78 is 43.7. The van der Waals surface area contributed by atoms with Crippen LogP contribution < -0.4 is 20.7 Å². The predicted octanol–water partition coefficient (Wildman–Crippen LogP) is 4.33. The zero-order valence-corrected chi connectivity index (χ0v) is 27.6. The molecule has 3 amide bonds. The molecule has 2 aromatic heterocycles. The molecule has 3 fully saturated rings. The van der Waals surface area contributed by atoms with Crippen molar-refractivity contribution in [3.8, 4) is 6.01 Å². The summed E-state index contributed by atoms with van der Waals surface area (Å²) in [4.78, 5) is 54.0. The van der Waals surface area contributed by atoms with E-state index < -0.39 is 36.1 Å². The number of nitrogens with one attached hydrogen (secondary N) is 3. The second-order valence-corrected chi connectivity index (χ2v) is 13.5. The van der Waals surface area contributed by atoms with Crippen LogP contribution in [0.25, 0.3) is 0 Å². The molecule has 0 bridgehead atoms. The Balaban J connectivity index is 0.984. The predicted molar refractivity (Wildman–Crippen MR) is 175 cm³/mol. The maximum Gasteiger partial charge on any atom is 0.422 e. The van der Waals surface area contributed by atoms with Crippen molar-refractivity contribution in [2.45, 2.75) is 24.6 Å². The van der Waals surface area contributed by atoms with Crippen LogP contribution in [0.4, 0.5) is 35.9 Å². The van der Waals surface area contributed by atoms with E-state index in [4.69, 9.17) is 16.3 Å². The quantitative estimate of drug-likeness (QED) is 0.210. The number of hydrogen-bond donors (Lipinski definition) is 3. The first-order valence-electron chi connectivity index (χ1n) is 15.5. The van der Waals surface area contributed by atoms with Crippen LogP contribution in [0, 0.1) is 11.8 Å². The standard InChI is InChI=1S/C31H28ClF3N10O4S/c32-21-5-3-20(4-6-21)30(9-10-30)42-27-39-26(40-28(41-27)49-15-31(33,34)35)37-22-7-1-17(2-8-22)24(47)44-11-18-13-45(14-19(18)12-44)25(48)23(46)38-29-43-36-16-50-29/h1-8,16,18-19H,9-15H2,(H,38,43,46)(H2,37,39,40,41,42). The van der Waals surface area contributed by atoms with Crippen LogP contribution in [0.5, 0.6) is 6.01 Å². The minimum absolute atomic E-state index is 0.0243. The number of hydrogen-bond acceptors (Lipinski definition) is 12. The Bertz CT molecular complexity index is 1880. The molecule has 4 aromatic rings. The van der Waals surface area contributed by atoms with Crippen molar-refractivity contribution in [2.75, 3.05) is 48.7 Å². The highest BCUT2D eigenvalue weighted by molar-refractivity contribution is 7.13. The van der Waals surface area contributed by atoms with Gasteiger partial charge in [0.05, 0.1) is 5.54 Å². The first kappa shape index (κ1) is 33.4. The number of aromatic nitrogens is 5. The van der Waals surface area contributed by atoms with E-state index in [-0.39, 0.29) is 34.8 Å². The molecule has 7 rings (SSSR count). The van der Waals surface area contributed by atoms with Crippen molar-refractivity contribution >= 4 is 63.4 Å². The molecule has 50 heavy (non-hydrogen) atoms. The second-order valence-electron chi connectivity index (χ2n) is 12.2. The van der Waals surface area contributed by atoms with Crippen LogP contribution in [0.1, 0.15) is 28.8 Å². The third kappa shape index (κ3) is 7.55. The number of amides is 3. The number of ether oxygens (including phenoxy) is 1. The van der Waals surface area contributed by atoms with Crippen molar-refractivity contribution in [1.82, 2.24) is 34.9 Å². The molecule has 2 aromatic carbocycles. The molecule has 19 heteroatoms. The minimum atomic E-state index is -4.60. The normalized spacial score (nSPS) is 19.1. The summed E-state index contributed by atoms with van der Waals surface area (Å²) in [6.45, 7) is 0.00628. The van der Waals surface area contributed by atoms with Gasteiger partial charge in [-0.15, -0.1) is 10.2 Å². The van der Waals surface area contributed by atoms with E-state index in [2.05, 4.69) is 41.1 Å². The summed E-state index contributed by atoms with van der Waals surface area (Å²) in [7, 11) is 0. The lowest BCUT2D eigenvalue weighted by atomic mass is 10.0. The third-order valence-electron chi connectivity index (χ3n) is 8.70. The van der Waals surface area contributed by atoms with Crippen LogP contribution in [0.2, 0.25) is 5.02 Å². The molecule has 1 aliphatic carbocycles. The summed E-state index contributed by atoms with van der Waals surface area (Å²) >= 11 is 7.15. The van der Waals surface area contributed by atoms with E-state index in [1.54, 1.807) is 41.3 Å². The summed E-state index contributed by atoms with van der Waals surface area (Å²) in [6.07, 6.45) is -3.11. The Morgan fingerprint density at radius 1 is 0.920 bits per heavy atom. The molecule has 260 valence electrons. The lowest BCUT2D eigenvalue weighted by molar-refractivity contribution is -0.154. The fourth-order valence-corrected chi connectivity index (χ4v) is 6.69. The molecule has 0 radical (unpaired) electrons. The van der Waals surface area contributed by atoms with Gasteiger partial charge < -0.3 is 25.2 Å². The molecule has 0 spiro atoms. The highest BCUT2D eigenvalue weighted by Crippen LogP contribution is 2.48. The number of rotatable bonds is 9. The van der Waals surface area contributed by atoms with Crippen LogP contribution in [-0.2, 0) is 15.1 Å². The average Bonchev–Trinajstić information content (AvgIpc) is 3.38. The van der Waals surface area contributed by atoms with Gasteiger partial charge in [-0.1, -0.05) is 35.1 Å². The number of benzene rings is 2. The van der Waals surface area contributed by atoms with E-state index in [0.29, 0.717) is 42.5 Å². The number of carbonyl (C=O) groups excluding carboxylic acids is 3. The lowest BCUT2D eigenvalue weighted by Gasteiger charge is -2.21. The lowest BCUT2D eigenvalue weighted by Crippen LogP contribution is -2.40. The molecule has 2 saturated heterocycles. The van der Waals surface area contributed by atoms with E-state index in [9.17, 15) is 27.6 Å². The molecule has 2 atom stereocenters. The topological polar surface area (TPSA) is 167 Å². The maximum absolute atomic E-state index is 13.4. The molecule has 2 aliphatic heterocycles. The molecular weight excluding hydrogens is 701 g/mol. The summed E-state index contributed by atoms with van der Waals surface area (Å²) in [5.41, 5.74) is 2.76. The van der Waals surface area contributed by atoms with Gasteiger partial charge in [-0.25, -0.2) is 0 Å². The number of alkyl halides is 3. The van der Waals surface area contributed by atoms with Crippen molar-refractivity contribution in [1.29, 1.82) is 0 Å². The number of fused-ring (bicyclic) bond motifs is 1. The molecule has 2 unspecified atom stereocenters. The Hall–Kier alpha value is -5.10. The fraction of sp³-hybridized carbons (Fsp3) is 0.355. The summed E-state index contributed by atoms with van der Waals surface area (Å²) in [5, 5.41) is 16.8. The zero-order valence-electron chi connectivity index (χ0n) is 26.0. The average molecular weight is 729 g/mol. The van der Waals surface area contributed by atoms with Gasteiger partial charge in [0.25, 0.3) is 5.91 Å². The number of carbonyl (C=O) groups is 3. The fourth-order valence-electron chi connectivity index (χ4n) is 6.13. The van der Waals surface area contributed by atoms with Gasteiger partial charge in [0.15, 0.2) is 6.61 Å². The number of nitrogens with zero attached hydrogens (tertiary/aromatic N) is 7. The van der Waals surface area contributed by atoms with E-state index in [1.807, 2.05) is 12.1 Å². The van der Waals surface area contributed by atoms with Gasteiger partial charge in [0.1, 0.15) is 5.51 Å². The van der Waals surface area contributed by atoms with Crippen LogP contribution in [0.15, 0.2) is 54.0 Å². The monoisotopic (exact) mass is 728 g/mol. The number of halogens is 4. The number of anilines is 4. The highest BCUT2D eigenvalue weighted by atomic mass is 35.5. The van der Waals surface area contributed by atoms with Crippen molar-refractivity contribution in [2.24, 2.45) is 11.8 Å². The Kier molecular flexibility index (Phi) is 8.89. The van der Waals surface area contributed by atoms with Crippen LogP contribution in [-0.4, -0.2) is 91.6 Å². The molecular formula is C31H28ClF3N10O4S. The molecule has 14 nitrogen and oxygen atoms in total. The first-order chi connectivity index (χ1) is 23.9. The van der Waals surface area contributed by atoms with E-state index >= 15 is 0 Å². The molecule has 3 aliphatic rings. The molecule has 3 N–H and O–H groups in total. The van der Waals surface area contributed by atoms with Gasteiger partial charge in [0.2, 0.25) is 17.0 Å². The van der Waals surface area contributed by atoms with Gasteiger partial charge in [-0.2, -0.15) is 28.1 Å². The summed E-state index contributed by atoms with van der Waals surface area (Å²) in [6, 6.07) is 13.2. The second kappa shape index (κ2) is 13.3. The highest BCUT2D eigenvalue weighted by Gasteiger charge is 2.46. The SMILES string of the molecule is O=C(Nc1nncs1)C(=O)N1CC2CN(C(=O)c3ccc(Nc4nc(NC5(c6ccc(Cl)cc6)CC5)nc(OCC(F)(F)F)n4)cc3)CC2C1. The largest absolute Gasteiger partial charge is 0.454 e. The van der Waals surface area contributed by atoms with E-state index in [1.165, 1.54) is 10.4 Å². The van der Waals surface area contributed by atoms with Gasteiger partial charge in [0, 0.05) is 54.3 Å².